The second-order valence-electron chi connectivity index (χ2n) is 6.48. The number of carbonyl (C=O) groups is 2. The summed E-state index contributed by atoms with van der Waals surface area (Å²) in [6, 6.07) is 9.93. The Morgan fingerprint density at radius 3 is 1.31 bits per heavy atom. The second kappa shape index (κ2) is 14.8. The van der Waals surface area contributed by atoms with Gasteiger partial charge in [-0.1, -0.05) is 0 Å². The number of hydrogen-bond donors (Lipinski definition) is 0. The zero-order valence-corrected chi connectivity index (χ0v) is 18.4. The Bertz CT molecular complexity index is 899. The van der Waals surface area contributed by atoms with E-state index in [1.165, 1.54) is 48.5 Å². The van der Waals surface area contributed by atoms with Crippen LogP contribution < -0.4 is 9.47 Å². The van der Waals surface area contributed by atoms with Crippen molar-refractivity contribution >= 4 is 23.7 Å². The number of non-ortho nitro benzene ring substituents is 2. The minimum absolute atomic E-state index is 0.0443. The first-order valence-electron chi connectivity index (χ1n) is 10.2. The maximum Gasteiger partial charge on any atom is 0.513 e. The van der Waals surface area contributed by atoms with Gasteiger partial charge >= 0.3 is 12.3 Å². The molecule has 2 rings (SSSR count). The van der Waals surface area contributed by atoms with Crippen LogP contribution in [-0.4, -0.2) is 61.8 Å². The number of rotatable bonds is 14. The SMILES string of the molecule is O=C(OCCOCCCOCCOC(=O)Oc1ccc([N+](=O)[O-])cc1)Oc1ccc([N+](=O)[O-])cc1. The molecule has 0 radical (unpaired) electrons. The van der Waals surface area contributed by atoms with Gasteiger partial charge in [0.05, 0.1) is 23.1 Å². The lowest BCUT2D eigenvalue weighted by Crippen LogP contribution is -2.16. The first-order valence-corrected chi connectivity index (χ1v) is 10.2. The van der Waals surface area contributed by atoms with Crippen LogP contribution in [0.15, 0.2) is 48.5 Å². The van der Waals surface area contributed by atoms with E-state index in [-0.39, 0.29) is 49.3 Å². The largest absolute Gasteiger partial charge is 0.513 e. The van der Waals surface area contributed by atoms with Crippen molar-refractivity contribution in [1.29, 1.82) is 0 Å². The van der Waals surface area contributed by atoms with E-state index in [1.807, 2.05) is 0 Å². The van der Waals surface area contributed by atoms with Crippen LogP contribution in [0.3, 0.4) is 0 Å². The number of hydrogen-bond acceptors (Lipinski definition) is 12. The third kappa shape index (κ3) is 10.9. The van der Waals surface area contributed by atoms with E-state index in [0.29, 0.717) is 19.6 Å². The van der Waals surface area contributed by atoms with Crippen LogP contribution >= 0.6 is 0 Å². The first kappa shape index (κ1) is 26.9. The summed E-state index contributed by atoms with van der Waals surface area (Å²) in [4.78, 5) is 43.1. The van der Waals surface area contributed by atoms with E-state index in [4.69, 9.17) is 28.4 Å². The van der Waals surface area contributed by atoms with Crippen LogP contribution in [-0.2, 0) is 18.9 Å². The fraction of sp³-hybridized carbons (Fsp3) is 0.333. The molecule has 0 bridgehead atoms. The number of nitro groups is 2. The number of benzene rings is 2. The molecule has 14 nitrogen and oxygen atoms in total. The van der Waals surface area contributed by atoms with Crippen LogP contribution in [0.2, 0.25) is 0 Å². The van der Waals surface area contributed by atoms with Crippen molar-refractivity contribution in [2.24, 2.45) is 0 Å². The molecule has 2 aromatic carbocycles. The quantitative estimate of drug-likeness (QED) is 0.123. The predicted molar refractivity (Wildman–Crippen MR) is 116 cm³/mol. The van der Waals surface area contributed by atoms with Crippen molar-refractivity contribution < 1.29 is 47.9 Å². The molecule has 0 amide bonds. The molecule has 0 fully saturated rings. The average molecular weight is 494 g/mol. The molecule has 188 valence electrons. The second-order valence-corrected chi connectivity index (χ2v) is 6.48. The Morgan fingerprint density at radius 1 is 0.600 bits per heavy atom. The van der Waals surface area contributed by atoms with Crippen molar-refractivity contribution in [1.82, 2.24) is 0 Å². The van der Waals surface area contributed by atoms with Gasteiger partial charge in [0, 0.05) is 37.5 Å². The highest BCUT2D eigenvalue weighted by Crippen LogP contribution is 2.18. The number of nitrogens with zero attached hydrogens (tertiary/aromatic N) is 2. The highest BCUT2D eigenvalue weighted by atomic mass is 16.7. The molecule has 0 saturated carbocycles. The molecule has 0 spiro atoms. The lowest BCUT2D eigenvalue weighted by atomic mass is 10.3. The van der Waals surface area contributed by atoms with Gasteiger partial charge in [0.15, 0.2) is 0 Å². The fourth-order valence-electron chi connectivity index (χ4n) is 2.36. The van der Waals surface area contributed by atoms with Gasteiger partial charge in [-0.25, -0.2) is 9.59 Å². The van der Waals surface area contributed by atoms with Crippen molar-refractivity contribution in [2.45, 2.75) is 6.42 Å². The van der Waals surface area contributed by atoms with Gasteiger partial charge in [-0.15, -0.1) is 0 Å². The zero-order valence-electron chi connectivity index (χ0n) is 18.4. The minimum Gasteiger partial charge on any atom is -0.432 e. The predicted octanol–water partition coefficient (Wildman–Crippen LogP) is 3.66. The highest BCUT2D eigenvalue weighted by Gasteiger charge is 2.10. The highest BCUT2D eigenvalue weighted by molar-refractivity contribution is 5.64. The van der Waals surface area contributed by atoms with Crippen molar-refractivity contribution in [3.8, 4) is 11.5 Å². The van der Waals surface area contributed by atoms with E-state index in [0.717, 1.165) is 0 Å². The smallest absolute Gasteiger partial charge is 0.432 e. The number of ether oxygens (including phenoxy) is 6. The van der Waals surface area contributed by atoms with Crippen molar-refractivity contribution in [3.05, 3.63) is 68.8 Å². The maximum atomic E-state index is 11.5. The van der Waals surface area contributed by atoms with E-state index >= 15 is 0 Å². The molecule has 0 atom stereocenters. The van der Waals surface area contributed by atoms with Crippen LogP contribution in [0.4, 0.5) is 21.0 Å². The van der Waals surface area contributed by atoms with Gasteiger partial charge in [0.1, 0.15) is 24.7 Å². The third-order valence-electron chi connectivity index (χ3n) is 3.97. The third-order valence-corrected chi connectivity index (χ3v) is 3.97. The van der Waals surface area contributed by atoms with Gasteiger partial charge in [0.25, 0.3) is 11.4 Å². The number of nitro benzene ring substituents is 2. The van der Waals surface area contributed by atoms with Crippen molar-refractivity contribution in [3.63, 3.8) is 0 Å². The molecule has 2 aromatic rings. The molecular weight excluding hydrogens is 472 g/mol. The molecule has 0 unspecified atom stereocenters. The minimum atomic E-state index is -0.960. The molecule has 0 aliphatic rings. The molecule has 0 aromatic heterocycles. The fourth-order valence-corrected chi connectivity index (χ4v) is 2.36. The van der Waals surface area contributed by atoms with Crippen LogP contribution in [0.1, 0.15) is 6.42 Å². The molecule has 0 aliphatic carbocycles. The summed E-state index contributed by atoms with van der Waals surface area (Å²) >= 11 is 0. The Hall–Kier alpha value is -4.30. The summed E-state index contributed by atoms with van der Waals surface area (Å²) < 4.78 is 29.9. The lowest BCUT2D eigenvalue weighted by molar-refractivity contribution is -0.385. The normalized spacial score (nSPS) is 10.3. The molecule has 35 heavy (non-hydrogen) atoms. The van der Waals surface area contributed by atoms with Crippen LogP contribution in [0.25, 0.3) is 0 Å². The van der Waals surface area contributed by atoms with E-state index < -0.39 is 22.2 Å². The summed E-state index contributed by atoms with van der Waals surface area (Å²) in [5.41, 5.74) is -0.254. The van der Waals surface area contributed by atoms with Gasteiger partial charge < -0.3 is 28.4 Å². The standard InChI is InChI=1S/C21H22N2O12/c24-20(34-18-6-2-16(3-7-18)22(26)27)32-14-12-30-10-1-11-31-13-15-33-21(25)35-19-8-4-17(5-9-19)23(28)29/h2-9H,1,10-15H2. The van der Waals surface area contributed by atoms with Gasteiger partial charge in [-0.05, 0) is 30.7 Å². The zero-order chi connectivity index (χ0) is 25.5. The van der Waals surface area contributed by atoms with E-state index in [2.05, 4.69) is 0 Å². The van der Waals surface area contributed by atoms with Gasteiger partial charge in [-0.3, -0.25) is 20.2 Å². The Balaban J connectivity index is 1.41. The molecule has 14 heteroatoms. The van der Waals surface area contributed by atoms with Crippen LogP contribution in [0.5, 0.6) is 11.5 Å². The Labute approximate surface area is 198 Å². The summed E-state index contributed by atoms with van der Waals surface area (Å²) in [5, 5.41) is 21.1. The maximum absolute atomic E-state index is 11.5. The molecule has 0 N–H and O–H groups in total. The monoisotopic (exact) mass is 494 g/mol. The number of carbonyl (C=O) groups excluding carboxylic acids is 2. The average Bonchev–Trinajstić information content (AvgIpc) is 2.83. The molecule has 0 aliphatic heterocycles. The lowest BCUT2D eigenvalue weighted by Gasteiger charge is -2.08. The Kier molecular flexibility index (Phi) is 11.4. The van der Waals surface area contributed by atoms with Crippen molar-refractivity contribution in [2.75, 3.05) is 39.6 Å². The topological polar surface area (TPSA) is 176 Å². The molecule has 0 saturated heterocycles. The summed E-state index contributed by atoms with van der Waals surface area (Å²) in [6.45, 7) is 0.849. The summed E-state index contributed by atoms with van der Waals surface area (Å²) in [5.74, 6) is 0.226. The summed E-state index contributed by atoms with van der Waals surface area (Å²) in [7, 11) is 0. The first-order chi connectivity index (χ1) is 16.8. The van der Waals surface area contributed by atoms with Gasteiger partial charge in [-0.2, -0.15) is 0 Å². The van der Waals surface area contributed by atoms with E-state index in [9.17, 15) is 29.8 Å². The van der Waals surface area contributed by atoms with Crippen LogP contribution in [0, 0.1) is 20.2 Å². The molecule has 0 heterocycles. The summed E-state index contributed by atoms with van der Waals surface area (Å²) in [6.07, 6.45) is -1.38. The van der Waals surface area contributed by atoms with Gasteiger partial charge in [0.2, 0.25) is 0 Å². The van der Waals surface area contributed by atoms with E-state index in [1.54, 1.807) is 0 Å². The molecular formula is C21H22N2O12. The Morgan fingerprint density at radius 2 is 0.971 bits per heavy atom.